The minimum atomic E-state index is -3.70. The molecule has 0 fully saturated rings. The van der Waals surface area contributed by atoms with Crippen molar-refractivity contribution in [1.29, 1.82) is 0 Å². The Balaban J connectivity index is 1.45. The maximum absolute atomic E-state index is 12.9. The number of amides is 1. The molecular formula is C26H24N4O4S. The van der Waals surface area contributed by atoms with Gasteiger partial charge in [-0.2, -0.15) is 9.40 Å². The molecule has 1 N–H and O–H groups in total. The van der Waals surface area contributed by atoms with Crippen molar-refractivity contribution in [3.63, 3.8) is 0 Å². The molecule has 0 unspecified atom stereocenters. The molecule has 0 spiro atoms. The van der Waals surface area contributed by atoms with Crippen LogP contribution in [0.1, 0.15) is 21.6 Å². The maximum atomic E-state index is 12.9. The van der Waals surface area contributed by atoms with E-state index in [1.807, 2.05) is 60.7 Å². The van der Waals surface area contributed by atoms with Crippen molar-refractivity contribution >= 4 is 21.6 Å². The third-order valence-corrected chi connectivity index (χ3v) is 7.16. The van der Waals surface area contributed by atoms with Gasteiger partial charge in [0.2, 0.25) is 10.0 Å². The van der Waals surface area contributed by atoms with Crippen LogP contribution in [-0.4, -0.2) is 35.5 Å². The number of nitrogens with zero attached hydrogens (tertiary/aromatic N) is 3. The van der Waals surface area contributed by atoms with E-state index >= 15 is 0 Å². The molecule has 0 bridgehead atoms. The molecule has 0 radical (unpaired) electrons. The molecule has 35 heavy (non-hydrogen) atoms. The Morgan fingerprint density at radius 2 is 1.46 bits per heavy atom. The van der Waals surface area contributed by atoms with E-state index in [2.05, 4.69) is 10.4 Å². The molecule has 4 rings (SSSR count). The number of anilines is 1. The first kappa shape index (κ1) is 24.1. The van der Waals surface area contributed by atoms with E-state index in [9.17, 15) is 18.0 Å². The Bertz CT molecular complexity index is 1470. The summed E-state index contributed by atoms with van der Waals surface area (Å²) >= 11 is 0. The second-order valence-corrected chi connectivity index (χ2v) is 9.97. The van der Waals surface area contributed by atoms with Gasteiger partial charge < -0.3 is 5.32 Å². The van der Waals surface area contributed by atoms with Gasteiger partial charge in [0, 0.05) is 25.3 Å². The van der Waals surface area contributed by atoms with Crippen molar-refractivity contribution in [2.24, 2.45) is 0 Å². The van der Waals surface area contributed by atoms with Crippen LogP contribution in [0.15, 0.2) is 107 Å². The van der Waals surface area contributed by atoms with Crippen LogP contribution in [0.5, 0.6) is 0 Å². The number of sulfonamides is 1. The molecule has 178 valence electrons. The standard InChI is InChI=1S/C26H24N4O4S/c1-29(18-20-8-4-2-5-9-20)35(33,34)23-14-12-22(13-15-23)27-26(32)24-16-17-25(31)30(28-24)19-21-10-6-3-7-11-21/h2-17H,18-19H2,1H3,(H,27,32). The summed E-state index contributed by atoms with van der Waals surface area (Å²) in [5, 5.41) is 6.86. The van der Waals surface area contributed by atoms with E-state index in [4.69, 9.17) is 0 Å². The molecule has 0 atom stereocenters. The van der Waals surface area contributed by atoms with Crippen LogP contribution in [0.3, 0.4) is 0 Å². The fraction of sp³-hybridized carbons (Fsp3) is 0.115. The molecule has 0 aliphatic heterocycles. The Morgan fingerprint density at radius 3 is 2.09 bits per heavy atom. The summed E-state index contributed by atoms with van der Waals surface area (Å²) in [6.07, 6.45) is 0. The van der Waals surface area contributed by atoms with Crippen LogP contribution in [0.25, 0.3) is 0 Å². The van der Waals surface area contributed by atoms with Gasteiger partial charge in [0.1, 0.15) is 5.69 Å². The van der Waals surface area contributed by atoms with Crippen LogP contribution in [0.4, 0.5) is 5.69 Å². The largest absolute Gasteiger partial charge is 0.321 e. The van der Waals surface area contributed by atoms with Crippen molar-refractivity contribution in [3.05, 3.63) is 124 Å². The average Bonchev–Trinajstić information content (AvgIpc) is 2.87. The van der Waals surface area contributed by atoms with Crippen molar-refractivity contribution in [2.75, 3.05) is 12.4 Å². The Kier molecular flexibility index (Phi) is 7.19. The normalized spacial score (nSPS) is 11.4. The molecule has 0 aliphatic carbocycles. The number of hydrogen-bond donors (Lipinski definition) is 1. The van der Waals surface area contributed by atoms with Crippen LogP contribution >= 0.6 is 0 Å². The van der Waals surface area contributed by atoms with Crippen molar-refractivity contribution in [1.82, 2.24) is 14.1 Å². The molecule has 1 amide bonds. The first-order valence-electron chi connectivity index (χ1n) is 10.9. The Morgan fingerprint density at radius 1 is 0.857 bits per heavy atom. The number of carbonyl (C=O) groups excluding carboxylic acids is 1. The molecular weight excluding hydrogens is 464 g/mol. The van der Waals surface area contributed by atoms with Crippen LogP contribution in [0, 0.1) is 0 Å². The fourth-order valence-corrected chi connectivity index (χ4v) is 4.61. The number of benzene rings is 3. The highest BCUT2D eigenvalue weighted by molar-refractivity contribution is 7.89. The lowest BCUT2D eigenvalue weighted by atomic mass is 10.2. The molecule has 4 aromatic rings. The summed E-state index contributed by atoms with van der Waals surface area (Å²) in [6, 6.07) is 27.2. The van der Waals surface area contributed by atoms with E-state index in [0.717, 1.165) is 11.1 Å². The van der Waals surface area contributed by atoms with Gasteiger partial charge in [-0.25, -0.2) is 13.1 Å². The lowest BCUT2D eigenvalue weighted by Gasteiger charge is -2.17. The maximum Gasteiger partial charge on any atom is 0.276 e. The first-order chi connectivity index (χ1) is 16.8. The average molecular weight is 489 g/mol. The van der Waals surface area contributed by atoms with Crippen molar-refractivity contribution in [2.45, 2.75) is 18.0 Å². The fourth-order valence-electron chi connectivity index (χ4n) is 3.45. The summed E-state index contributed by atoms with van der Waals surface area (Å²) in [4.78, 5) is 25.0. The smallest absolute Gasteiger partial charge is 0.276 e. The topological polar surface area (TPSA) is 101 Å². The zero-order chi connectivity index (χ0) is 24.8. The van der Waals surface area contributed by atoms with Gasteiger partial charge in [-0.1, -0.05) is 60.7 Å². The molecule has 0 saturated carbocycles. The van der Waals surface area contributed by atoms with E-state index in [1.54, 1.807) is 0 Å². The van der Waals surface area contributed by atoms with Gasteiger partial charge >= 0.3 is 0 Å². The number of aromatic nitrogens is 2. The molecule has 0 saturated heterocycles. The van der Waals surface area contributed by atoms with Gasteiger partial charge in [-0.3, -0.25) is 9.59 Å². The summed E-state index contributed by atoms with van der Waals surface area (Å²) in [7, 11) is -2.18. The third-order valence-electron chi connectivity index (χ3n) is 5.34. The second-order valence-electron chi connectivity index (χ2n) is 7.93. The Hall–Kier alpha value is -4.08. The van der Waals surface area contributed by atoms with Gasteiger partial charge in [0.25, 0.3) is 11.5 Å². The Labute approximate surface area is 203 Å². The summed E-state index contributed by atoms with van der Waals surface area (Å²) in [5.74, 6) is -0.511. The van der Waals surface area contributed by atoms with Crippen LogP contribution in [0.2, 0.25) is 0 Å². The molecule has 1 aromatic heterocycles. The van der Waals surface area contributed by atoms with E-state index < -0.39 is 15.9 Å². The number of carbonyl (C=O) groups is 1. The van der Waals surface area contributed by atoms with Gasteiger partial charge in [-0.15, -0.1) is 0 Å². The molecule has 0 aliphatic rings. The van der Waals surface area contributed by atoms with E-state index in [0.29, 0.717) is 5.69 Å². The lowest BCUT2D eigenvalue weighted by molar-refractivity contribution is 0.102. The summed E-state index contributed by atoms with van der Waals surface area (Å²) in [6.45, 7) is 0.482. The van der Waals surface area contributed by atoms with Gasteiger partial charge in [0.15, 0.2) is 0 Å². The predicted molar refractivity (Wildman–Crippen MR) is 134 cm³/mol. The molecule has 9 heteroatoms. The zero-order valence-electron chi connectivity index (χ0n) is 19.0. The number of hydrogen-bond acceptors (Lipinski definition) is 5. The molecule has 8 nitrogen and oxygen atoms in total. The highest BCUT2D eigenvalue weighted by atomic mass is 32.2. The van der Waals surface area contributed by atoms with E-state index in [1.165, 1.54) is 52.4 Å². The van der Waals surface area contributed by atoms with E-state index in [-0.39, 0.29) is 29.2 Å². The highest BCUT2D eigenvalue weighted by Crippen LogP contribution is 2.19. The first-order valence-corrected chi connectivity index (χ1v) is 12.3. The summed E-state index contributed by atoms with van der Waals surface area (Å²) in [5.41, 5.74) is 1.92. The minimum absolute atomic E-state index is 0.0693. The molecule has 3 aromatic carbocycles. The number of rotatable bonds is 8. The molecule has 1 heterocycles. The third kappa shape index (κ3) is 5.89. The monoisotopic (exact) mass is 488 g/mol. The summed E-state index contributed by atoms with van der Waals surface area (Å²) < 4.78 is 28.3. The van der Waals surface area contributed by atoms with Crippen LogP contribution < -0.4 is 10.9 Å². The SMILES string of the molecule is CN(Cc1ccccc1)S(=O)(=O)c1ccc(NC(=O)c2ccc(=O)n(Cc3ccccc3)n2)cc1. The lowest BCUT2D eigenvalue weighted by Crippen LogP contribution is -2.27. The van der Waals surface area contributed by atoms with Crippen LogP contribution in [-0.2, 0) is 23.1 Å². The van der Waals surface area contributed by atoms with Gasteiger partial charge in [-0.05, 0) is 41.5 Å². The second kappa shape index (κ2) is 10.5. The van der Waals surface area contributed by atoms with Crippen molar-refractivity contribution in [3.8, 4) is 0 Å². The minimum Gasteiger partial charge on any atom is -0.321 e. The van der Waals surface area contributed by atoms with Crippen molar-refractivity contribution < 1.29 is 13.2 Å². The highest BCUT2D eigenvalue weighted by Gasteiger charge is 2.21. The van der Waals surface area contributed by atoms with Gasteiger partial charge in [0.05, 0.1) is 11.4 Å². The zero-order valence-corrected chi connectivity index (χ0v) is 19.9. The predicted octanol–water partition coefficient (Wildman–Crippen LogP) is 3.36. The number of nitrogens with one attached hydrogen (secondary N) is 1. The quantitative estimate of drug-likeness (QED) is 0.410.